The van der Waals surface area contributed by atoms with E-state index in [1.54, 1.807) is 11.3 Å². The van der Waals surface area contributed by atoms with E-state index in [4.69, 9.17) is 26.8 Å². The highest BCUT2D eigenvalue weighted by molar-refractivity contribution is 7.08. The number of rotatable bonds is 3. The van der Waals surface area contributed by atoms with Crippen molar-refractivity contribution < 1.29 is 19.8 Å². The molecule has 1 saturated heterocycles. The predicted octanol–water partition coefficient (Wildman–Crippen LogP) is 3.91. The number of aliphatic carboxylic acids is 2. The number of nitrogens with zero attached hydrogens (tertiary/aromatic N) is 4. The lowest BCUT2D eigenvalue weighted by Gasteiger charge is -2.36. The predicted molar refractivity (Wildman–Crippen MR) is 128 cm³/mol. The summed E-state index contributed by atoms with van der Waals surface area (Å²) in [6, 6.07) is 5.95. The van der Waals surface area contributed by atoms with Gasteiger partial charge < -0.3 is 24.9 Å². The fourth-order valence-electron chi connectivity index (χ4n) is 3.55. The summed E-state index contributed by atoms with van der Waals surface area (Å²) in [6.45, 7) is 7.55. The molecular formula is C22H25ClN4O4S. The molecule has 170 valence electrons. The average Bonchev–Trinajstić information content (AvgIpc) is 3.22. The van der Waals surface area contributed by atoms with Gasteiger partial charge in [0.15, 0.2) is 0 Å². The van der Waals surface area contributed by atoms with Crippen LogP contribution in [0.15, 0.2) is 46.1 Å². The molecule has 1 aromatic carbocycles. The Balaban J connectivity index is 0.000000312. The van der Waals surface area contributed by atoms with Gasteiger partial charge in [-0.2, -0.15) is 0 Å². The molecule has 2 aliphatic rings. The Morgan fingerprint density at radius 3 is 2.34 bits per heavy atom. The van der Waals surface area contributed by atoms with Gasteiger partial charge in [0.05, 0.1) is 22.6 Å². The molecule has 0 amide bonds. The van der Waals surface area contributed by atoms with Gasteiger partial charge in [-0.25, -0.2) is 14.6 Å². The molecule has 1 aromatic heterocycles. The van der Waals surface area contributed by atoms with E-state index in [1.807, 2.05) is 12.1 Å². The first-order valence-corrected chi connectivity index (χ1v) is 11.4. The summed E-state index contributed by atoms with van der Waals surface area (Å²) < 4.78 is 0. The number of halogens is 1. The Bertz CT molecular complexity index is 1030. The summed E-state index contributed by atoms with van der Waals surface area (Å²) in [4.78, 5) is 31.3. The maximum atomic E-state index is 9.55. The van der Waals surface area contributed by atoms with Gasteiger partial charge in [-0.1, -0.05) is 18.5 Å². The van der Waals surface area contributed by atoms with Gasteiger partial charge in [0.25, 0.3) is 0 Å². The van der Waals surface area contributed by atoms with Crippen molar-refractivity contribution in [2.75, 3.05) is 44.7 Å². The van der Waals surface area contributed by atoms with Crippen molar-refractivity contribution in [1.82, 2.24) is 9.80 Å². The van der Waals surface area contributed by atoms with Crippen LogP contribution in [0.25, 0.3) is 0 Å². The molecule has 0 aliphatic carbocycles. The largest absolute Gasteiger partial charge is 0.478 e. The summed E-state index contributed by atoms with van der Waals surface area (Å²) in [6.07, 6.45) is 1.12. The number of carboxylic acids is 2. The first kappa shape index (κ1) is 23.8. The minimum Gasteiger partial charge on any atom is -0.478 e. The molecule has 10 heteroatoms. The lowest BCUT2D eigenvalue weighted by atomic mass is 10.2. The molecule has 2 N–H and O–H groups in total. The summed E-state index contributed by atoms with van der Waals surface area (Å²) >= 11 is 7.96. The van der Waals surface area contributed by atoms with Crippen LogP contribution in [-0.4, -0.2) is 77.6 Å². The Labute approximate surface area is 195 Å². The van der Waals surface area contributed by atoms with E-state index in [0.29, 0.717) is 12.2 Å². The van der Waals surface area contributed by atoms with Gasteiger partial charge in [-0.15, -0.1) is 11.3 Å². The van der Waals surface area contributed by atoms with Crippen LogP contribution in [0.4, 0.5) is 17.1 Å². The zero-order valence-electron chi connectivity index (χ0n) is 17.9. The van der Waals surface area contributed by atoms with Crippen molar-refractivity contribution in [3.8, 4) is 0 Å². The molecule has 0 saturated carbocycles. The minimum atomic E-state index is -1.26. The highest BCUT2D eigenvalue weighted by Crippen LogP contribution is 2.41. The van der Waals surface area contributed by atoms with Crippen LogP contribution in [0.3, 0.4) is 0 Å². The van der Waals surface area contributed by atoms with Crippen molar-refractivity contribution in [2.24, 2.45) is 4.99 Å². The summed E-state index contributed by atoms with van der Waals surface area (Å²) in [5.41, 5.74) is 4.48. The second kappa shape index (κ2) is 10.6. The van der Waals surface area contributed by atoms with Gasteiger partial charge in [-0.3, -0.25) is 0 Å². The number of fused-ring (bicyclic) bond motifs is 2. The number of carbonyl (C=O) groups is 2. The molecule has 0 spiro atoms. The van der Waals surface area contributed by atoms with Crippen LogP contribution in [-0.2, 0) is 9.59 Å². The highest BCUT2D eigenvalue weighted by atomic mass is 35.5. The molecule has 4 rings (SSSR count). The van der Waals surface area contributed by atoms with Crippen LogP contribution in [0, 0.1) is 0 Å². The number of likely N-dealkylation sites (N-methyl/N-ethyl adjacent to an activating group) is 1. The number of anilines is 2. The Morgan fingerprint density at radius 2 is 1.75 bits per heavy atom. The van der Waals surface area contributed by atoms with Gasteiger partial charge in [0.2, 0.25) is 0 Å². The molecular weight excluding hydrogens is 452 g/mol. The molecule has 3 heterocycles. The van der Waals surface area contributed by atoms with Crippen molar-refractivity contribution in [3.05, 3.63) is 51.7 Å². The number of aliphatic imine (C=N–C) groups is 1. The number of amidine groups is 1. The van der Waals surface area contributed by atoms with Gasteiger partial charge >= 0.3 is 11.9 Å². The normalized spacial score (nSPS) is 15.9. The van der Waals surface area contributed by atoms with Gasteiger partial charge in [0, 0.05) is 61.2 Å². The lowest BCUT2D eigenvalue weighted by Crippen LogP contribution is -2.48. The Morgan fingerprint density at radius 1 is 1.09 bits per heavy atom. The fourth-order valence-corrected chi connectivity index (χ4v) is 4.56. The third kappa shape index (κ3) is 5.67. The molecule has 0 radical (unpaired) electrons. The molecule has 32 heavy (non-hydrogen) atoms. The second-order valence-corrected chi connectivity index (χ2v) is 8.41. The average molecular weight is 477 g/mol. The molecule has 1 fully saturated rings. The van der Waals surface area contributed by atoms with Crippen molar-refractivity contribution in [2.45, 2.75) is 6.92 Å². The standard InChI is InChI=1S/C18H21ClN4S.C4H4O4/c1-3-22-6-8-23(9-7-22)18-14-11-24-12-17(14)21(2)16-5-4-13(19)10-15(16)20-18;5-3(6)1-2-4(7)8/h4-5,10-12H,3,6-9H2,1-2H3;1-2H,(H,5,6)(H,7,8)/b;2-1+. The SMILES string of the molecule is CCN1CCN(C2=Nc3cc(Cl)ccc3N(C)c3cscc32)CC1.O=C(O)/C=C/C(=O)O. The maximum absolute atomic E-state index is 9.55. The smallest absolute Gasteiger partial charge is 0.328 e. The molecule has 0 unspecified atom stereocenters. The molecule has 0 atom stereocenters. The monoisotopic (exact) mass is 476 g/mol. The molecule has 0 bridgehead atoms. The third-order valence-corrected chi connectivity index (χ3v) is 6.22. The van der Waals surface area contributed by atoms with E-state index in [-0.39, 0.29) is 0 Å². The number of hydrogen-bond donors (Lipinski definition) is 2. The summed E-state index contributed by atoms with van der Waals surface area (Å²) in [5.74, 6) is -1.44. The first-order valence-electron chi connectivity index (χ1n) is 10.1. The molecule has 8 nitrogen and oxygen atoms in total. The van der Waals surface area contributed by atoms with Crippen LogP contribution in [0.1, 0.15) is 12.5 Å². The number of piperazine rings is 1. The maximum Gasteiger partial charge on any atom is 0.328 e. The zero-order valence-corrected chi connectivity index (χ0v) is 19.4. The van der Waals surface area contributed by atoms with Crippen LogP contribution >= 0.6 is 22.9 Å². The van der Waals surface area contributed by atoms with E-state index in [9.17, 15) is 9.59 Å². The third-order valence-electron chi connectivity index (χ3n) is 5.26. The van der Waals surface area contributed by atoms with Gasteiger partial charge in [-0.05, 0) is 24.7 Å². The van der Waals surface area contributed by atoms with E-state index in [1.165, 1.54) is 11.3 Å². The number of hydrogen-bond acceptors (Lipinski definition) is 7. The molecule has 2 aliphatic heterocycles. The van der Waals surface area contributed by atoms with E-state index >= 15 is 0 Å². The van der Waals surface area contributed by atoms with E-state index in [2.05, 4.69) is 45.5 Å². The lowest BCUT2D eigenvalue weighted by molar-refractivity contribution is -0.134. The van der Waals surface area contributed by atoms with E-state index in [0.717, 1.165) is 55.0 Å². The first-order chi connectivity index (χ1) is 15.3. The Hall–Kier alpha value is -2.88. The van der Waals surface area contributed by atoms with Crippen LogP contribution in [0.2, 0.25) is 5.02 Å². The summed E-state index contributed by atoms with van der Waals surface area (Å²) in [5, 5.41) is 20.8. The molecule has 2 aromatic rings. The quantitative estimate of drug-likeness (QED) is 0.648. The minimum absolute atomic E-state index is 0.558. The number of thiophene rings is 1. The second-order valence-electron chi connectivity index (χ2n) is 7.23. The van der Waals surface area contributed by atoms with Crippen molar-refractivity contribution in [3.63, 3.8) is 0 Å². The number of benzene rings is 1. The fraction of sp³-hybridized carbons (Fsp3) is 0.318. The van der Waals surface area contributed by atoms with E-state index < -0.39 is 11.9 Å². The van der Waals surface area contributed by atoms with Crippen molar-refractivity contribution >= 4 is 57.8 Å². The van der Waals surface area contributed by atoms with Crippen LogP contribution in [0.5, 0.6) is 0 Å². The highest BCUT2D eigenvalue weighted by Gasteiger charge is 2.27. The topological polar surface area (TPSA) is 96.7 Å². The van der Waals surface area contributed by atoms with Gasteiger partial charge in [0.1, 0.15) is 5.84 Å². The summed E-state index contributed by atoms with van der Waals surface area (Å²) in [7, 11) is 2.10. The number of carboxylic acid groups (broad SMARTS) is 2. The van der Waals surface area contributed by atoms with Crippen molar-refractivity contribution in [1.29, 1.82) is 0 Å². The zero-order chi connectivity index (χ0) is 23.3. The Kier molecular flexibility index (Phi) is 7.89. The van der Waals surface area contributed by atoms with Crippen LogP contribution < -0.4 is 4.90 Å².